The summed E-state index contributed by atoms with van der Waals surface area (Å²) in [6.07, 6.45) is 4.39. The van der Waals surface area contributed by atoms with Crippen LogP contribution in [0.5, 0.6) is 5.75 Å². The zero-order valence-corrected chi connectivity index (χ0v) is 16.6. The van der Waals surface area contributed by atoms with Crippen molar-refractivity contribution >= 4 is 39.2 Å². The standard InChI is InChI=1S/C20H18BrN3O4/c21-15-7-14(9-22-10-15)20(27)24-5-3-12(4-6-24)19(26)13-1-2-17-16(8-13)23-18(25)11-28-17/h1-2,7-10,12H,3-6,11H2,(H,23,25). The average Bonchev–Trinajstić information content (AvgIpc) is 2.72. The Kier molecular flexibility index (Phi) is 5.13. The molecule has 144 valence electrons. The van der Waals surface area contributed by atoms with Gasteiger partial charge in [0.25, 0.3) is 11.8 Å². The first-order valence-corrected chi connectivity index (χ1v) is 9.81. The number of likely N-dealkylation sites (tertiary alicyclic amines) is 1. The van der Waals surface area contributed by atoms with Gasteiger partial charge in [-0.25, -0.2) is 0 Å². The van der Waals surface area contributed by atoms with E-state index in [0.717, 1.165) is 4.47 Å². The zero-order valence-electron chi connectivity index (χ0n) is 15.0. The number of fused-ring (bicyclic) bond motifs is 1. The molecule has 0 aliphatic carbocycles. The van der Waals surface area contributed by atoms with Crippen molar-refractivity contribution < 1.29 is 19.1 Å². The van der Waals surface area contributed by atoms with Crippen LogP contribution >= 0.6 is 15.9 Å². The molecule has 2 aliphatic rings. The molecule has 2 aromatic rings. The third-order valence-corrected chi connectivity index (χ3v) is 5.44. The molecule has 7 nitrogen and oxygen atoms in total. The lowest BCUT2D eigenvalue weighted by Gasteiger charge is -2.31. The number of ether oxygens (including phenoxy) is 1. The van der Waals surface area contributed by atoms with E-state index < -0.39 is 0 Å². The van der Waals surface area contributed by atoms with Crippen LogP contribution in [0.25, 0.3) is 0 Å². The van der Waals surface area contributed by atoms with Crippen molar-refractivity contribution in [1.29, 1.82) is 0 Å². The fraction of sp³-hybridized carbons (Fsp3) is 0.300. The Balaban J connectivity index is 1.41. The fourth-order valence-electron chi connectivity index (χ4n) is 3.53. The molecule has 2 aliphatic heterocycles. The molecule has 0 atom stereocenters. The minimum absolute atomic E-state index is 0.0136. The molecule has 1 aromatic heterocycles. The Morgan fingerprint density at radius 3 is 2.68 bits per heavy atom. The molecule has 1 aromatic carbocycles. The molecule has 8 heteroatoms. The van der Waals surface area contributed by atoms with Crippen LogP contribution in [0.15, 0.2) is 41.1 Å². The third-order valence-electron chi connectivity index (χ3n) is 5.00. The third kappa shape index (κ3) is 3.77. The second-order valence-electron chi connectivity index (χ2n) is 6.87. The van der Waals surface area contributed by atoms with E-state index in [2.05, 4.69) is 26.2 Å². The molecule has 28 heavy (non-hydrogen) atoms. The monoisotopic (exact) mass is 443 g/mol. The van der Waals surface area contributed by atoms with E-state index in [4.69, 9.17) is 4.74 Å². The molecule has 0 spiro atoms. The summed E-state index contributed by atoms with van der Waals surface area (Å²) in [5.74, 6) is 0.139. The predicted molar refractivity (Wildman–Crippen MR) is 105 cm³/mol. The van der Waals surface area contributed by atoms with E-state index in [1.54, 1.807) is 41.6 Å². The first-order valence-electron chi connectivity index (χ1n) is 9.02. The first kappa shape index (κ1) is 18.6. The van der Waals surface area contributed by atoms with Crippen molar-refractivity contribution in [3.05, 3.63) is 52.3 Å². The number of amides is 2. The van der Waals surface area contributed by atoms with E-state index in [1.165, 1.54) is 0 Å². The van der Waals surface area contributed by atoms with Crippen LogP contribution in [-0.4, -0.2) is 47.2 Å². The van der Waals surface area contributed by atoms with Crippen molar-refractivity contribution in [3.63, 3.8) is 0 Å². The van der Waals surface area contributed by atoms with Crippen LogP contribution in [0.2, 0.25) is 0 Å². The number of hydrogen-bond acceptors (Lipinski definition) is 5. The minimum atomic E-state index is -0.231. The van der Waals surface area contributed by atoms with Crippen molar-refractivity contribution in [2.75, 3.05) is 25.0 Å². The average molecular weight is 444 g/mol. The second-order valence-corrected chi connectivity index (χ2v) is 7.79. The van der Waals surface area contributed by atoms with Gasteiger partial charge < -0.3 is 15.0 Å². The topological polar surface area (TPSA) is 88.6 Å². The van der Waals surface area contributed by atoms with Crippen molar-refractivity contribution in [2.45, 2.75) is 12.8 Å². The van der Waals surface area contributed by atoms with Crippen LogP contribution in [0.4, 0.5) is 5.69 Å². The molecular formula is C20H18BrN3O4. The molecule has 3 heterocycles. The molecule has 0 bridgehead atoms. The number of benzene rings is 1. The number of hydrogen-bond donors (Lipinski definition) is 1. The summed E-state index contributed by atoms with van der Waals surface area (Å²) >= 11 is 3.33. The largest absolute Gasteiger partial charge is 0.482 e. The number of carbonyl (C=O) groups is 3. The first-order chi connectivity index (χ1) is 13.5. The maximum Gasteiger partial charge on any atom is 0.262 e. The van der Waals surface area contributed by atoms with Crippen molar-refractivity contribution in [3.8, 4) is 5.75 Å². The molecular weight excluding hydrogens is 426 g/mol. The fourth-order valence-corrected chi connectivity index (χ4v) is 3.89. The van der Waals surface area contributed by atoms with Gasteiger partial charge in [0.15, 0.2) is 12.4 Å². The number of halogens is 1. The van der Waals surface area contributed by atoms with Gasteiger partial charge in [-0.05, 0) is 53.0 Å². The molecule has 0 radical (unpaired) electrons. The number of nitrogens with zero attached hydrogens (tertiary/aromatic N) is 2. The molecule has 1 saturated heterocycles. The molecule has 2 amide bonds. The van der Waals surface area contributed by atoms with Crippen LogP contribution in [0.3, 0.4) is 0 Å². The van der Waals surface area contributed by atoms with Gasteiger partial charge in [0.05, 0.1) is 11.3 Å². The number of Topliss-reactive ketones (excluding diaryl/α,β-unsaturated/α-hetero) is 1. The summed E-state index contributed by atoms with van der Waals surface area (Å²) in [4.78, 5) is 42.8. The lowest BCUT2D eigenvalue weighted by atomic mass is 9.88. The summed E-state index contributed by atoms with van der Waals surface area (Å²) in [5.41, 5.74) is 1.60. The van der Waals surface area contributed by atoms with E-state index in [0.29, 0.717) is 48.5 Å². The van der Waals surface area contributed by atoms with E-state index in [9.17, 15) is 14.4 Å². The number of pyridine rings is 1. The number of rotatable bonds is 3. The van der Waals surface area contributed by atoms with Gasteiger partial charge in [-0.2, -0.15) is 0 Å². The highest BCUT2D eigenvalue weighted by molar-refractivity contribution is 9.10. The molecule has 4 rings (SSSR count). The molecule has 1 N–H and O–H groups in total. The molecule has 0 saturated carbocycles. The SMILES string of the molecule is O=C1COc2ccc(C(=O)C3CCN(C(=O)c4cncc(Br)c4)CC3)cc2N1. The Morgan fingerprint density at radius 1 is 1.14 bits per heavy atom. The number of piperidine rings is 1. The highest BCUT2D eigenvalue weighted by Gasteiger charge is 2.29. The predicted octanol–water partition coefficient (Wildman–Crippen LogP) is 2.91. The van der Waals surface area contributed by atoms with E-state index in [1.807, 2.05) is 0 Å². The van der Waals surface area contributed by atoms with Gasteiger partial charge in [0, 0.05) is 41.4 Å². The van der Waals surface area contributed by atoms with Crippen LogP contribution < -0.4 is 10.1 Å². The van der Waals surface area contributed by atoms with E-state index >= 15 is 0 Å². The summed E-state index contributed by atoms with van der Waals surface area (Å²) in [5, 5.41) is 2.72. The van der Waals surface area contributed by atoms with Gasteiger partial charge >= 0.3 is 0 Å². The van der Waals surface area contributed by atoms with Crippen LogP contribution in [-0.2, 0) is 4.79 Å². The summed E-state index contributed by atoms with van der Waals surface area (Å²) in [6.45, 7) is 1.03. The Bertz CT molecular complexity index is 954. The smallest absolute Gasteiger partial charge is 0.262 e. The quantitative estimate of drug-likeness (QED) is 0.736. The lowest BCUT2D eigenvalue weighted by molar-refractivity contribution is -0.118. The van der Waals surface area contributed by atoms with E-state index in [-0.39, 0.29) is 30.1 Å². The Labute approximate surface area is 170 Å². The van der Waals surface area contributed by atoms with Gasteiger partial charge in [-0.3, -0.25) is 19.4 Å². The van der Waals surface area contributed by atoms with Gasteiger partial charge in [0.1, 0.15) is 5.75 Å². The number of ketones is 1. The van der Waals surface area contributed by atoms with Crippen molar-refractivity contribution in [1.82, 2.24) is 9.88 Å². The maximum absolute atomic E-state index is 12.9. The Morgan fingerprint density at radius 2 is 1.93 bits per heavy atom. The van der Waals surface area contributed by atoms with Crippen LogP contribution in [0, 0.1) is 5.92 Å². The number of carbonyl (C=O) groups excluding carboxylic acids is 3. The number of aromatic nitrogens is 1. The normalized spacial score (nSPS) is 16.8. The lowest BCUT2D eigenvalue weighted by Crippen LogP contribution is -2.40. The van der Waals surface area contributed by atoms with Gasteiger partial charge in [-0.15, -0.1) is 0 Å². The maximum atomic E-state index is 12.9. The summed E-state index contributed by atoms with van der Waals surface area (Å²) < 4.78 is 6.09. The van der Waals surface area contributed by atoms with Gasteiger partial charge in [0.2, 0.25) is 0 Å². The summed E-state index contributed by atoms with van der Waals surface area (Å²) in [6, 6.07) is 6.85. The molecule has 0 unspecified atom stereocenters. The minimum Gasteiger partial charge on any atom is -0.482 e. The number of nitrogens with one attached hydrogen (secondary N) is 1. The molecule has 1 fully saturated rings. The Hall–Kier alpha value is -2.74. The second kappa shape index (κ2) is 7.71. The highest BCUT2D eigenvalue weighted by Crippen LogP contribution is 2.31. The number of anilines is 1. The van der Waals surface area contributed by atoms with Crippen LogP contribution in [0.1, 0.15) is 33.6 Å². The zero-order chi connectivity index (χ0) is 19.7. The van der Waals surface area contributed by atoms with Crippen molar-refractivity contribution in [2.24, 2.45) is 5.92 Å². The van der Waals surface area contributed by atoms with Gasteiger partial charge in [-0.1, -0.05) is 0 Å². The summed E-state index contributed by atoms with van der Waals surface area (Å²) in [7, 11) is 0. The highest BCUT2D eigenvalue weighted by atomic mass is 79.9.